The Labute approximate surface area is 154 Å². The smallest absolute Gasteiger partial charge is 0.132 e. The highest BCUT2D eigenvalue weighted by Crippen LogP contribution is 2.42. The monoisotopic (exact) mass is 357 g/mol. The lowest BCUT2D eigenvalue weighted by atomic mass is 9.91. The first-order valence-corrected chi connectivity index (χ1v) is 8.55. The quantitative estimate of drug-likeness (QED) is 0.629. The third-order valence-corrected chi connectivity index (χ3v) is 4.54. The lowest BCUT2D eigenvalue weighted by molar-refractivity contribution is 0.230. The van der Waals surface area contributed by atoms with E-state index < -0.39 is 0 Å². The van der Waals surface area contributed by atoms with Gasteiger partial charge in [0, 0.05) is 23.8 Å². The Balaban J connectivity index is 2.55. The second-order valence-corrected chi connectivity index (χ2v) is 6.40. The Hall–Kier alpha value is -2.66. The second-order valence-electron chi connectivity index (χ2n) is 6.40. The zero-order chi connectivity index (χ0) is 19.3. The number of hydrogen-bond acceptors (Lipinski definition) is 5. The molecule has 26 heavy (non-hydrogen) atoms. The summed E-state index contributed by atoms with van der Waals surface area (Å²) in [4.78, 5) is 0. The summed E-state index contributed by atoms with van der Waals surface area (Å²) in [5.41, 5.74) is 10.0. The summed E-state index contributed by atoms with van der Waals surface area (Å²) in [7, 11) is 3.16. The fourth-order valence-electron chi connectivity index (χ4n) is 2.93. The van der Waals surface area contributed by atoms with Crippen LogP contribution < -0.4 is 15.2 Å². The summed E-state index contributed by atoms with van der Waals surface area (Å²) < 4.78 is 11.0. The van der Waals surface area contributed by atoms with Gasteiger partial charge in [0.15, 0.2) is 0 Å². The van der Waals surface area contributed by atoms with Crippen LogP contribution in [0.2, 0.25) is 0 Å². The van der Waals surface area contributed by atoms with Crippen molar-refractivity contribution >= 4 is 11.3 Å². The maximum atomic E-state index is 9.77. The Morgan fingerprint density at radius 3 is 2.46 bits per heavy atom. The van der Waals surface area contributed by atoms with Gasteiger partial charge in [0.25, 0.3) is 0 Å². The van der Waals surface area contributed by atoms with E-state index >= 15 is 0 Å². The summed E-state index contributed by atoms with van der Waals surface area (Å²) in [6, 6.07) is 8.66. The third kappa shape index (κ3) is 4.11. The van der Waals surface area contributed by atoms with Crippen LogP contribution in [0.3, 0.4) is 0 Å². The molecule has 0 amide bonds. The number of aliphatic hydroxyl groups is 1. The van der Waals surface area contributed by atoms with Gasteiger partial charge in [0.2, 0.25) is 0 Å². The van der Waals surface area contributed by atoms with Gasteiger partial charge in [0.1, 0.15) is 17.2 Å². The van der Waals surface area contributed by atoms with Crippen molar-refractivity contribution in [3.05, 3.63) is 53.6 Å². The number of aliphatic hydroxyl groups excluding tert-OH is 1. The molecule has 4 N–H and O–H groups in total. The molecule has 5 nitrogen and oxygen atoms in total. The number of nitrogen functional groups attached to an aromatic ring is 1. The number of hydrogen-bond donors (Lipinski definition) is 3. The fourth-order valence-corrected chi connectivity index (χ4v) is 2.93. The van der Waals surface area contributed by atoms with Crippen LogP contribution in [-0.4, -0.2) is 31.0 Å². The molecule has 0 heterocycles. The zero-order valence-corrected chi connectivity index (χ0v) is 15.6. The van der Waals surface area contributed by atoms with E-state index in [1.807, 2.05) is 13.0 Å². The van der Waals surface area contributed by atoms with Crippen molar-refractivity contribution in [3.63, 3.8) is 0 Å². The van der Waals surface area contributed by atoms with Crippen molar-refractivity contribution in [3.8, 4) is 17.2 Å². The molecular formula is C21H27NO4. The summed E-state index contributed by atoms with van der Waals surface area (Å²) in [6.07, 6.45) is 1.45. The molecule has 2 aromatic rings. The number of benzene rings is 2. The van der Waals surface area contributed by atoms with Crippen LogP contribution in [0.5, 0.6) is 17.2 Å². The summed E-state index contributed by atoms with van der Waals surface area (Å²) in [5.74, 6) is 1.54. The highest BCUT2D eigenvalue weighted by atomic mass is 16.5. The molecule has 2 aromatic carbocycles. The highest BCUT2D eigenvalue weighted by molar-refractivity contribution is 5.90. The minimum absolute atomic E-state index is 0.126. The van der Waals surface area contributed by atoms with Crippen molar-refractivity contribution < 1.29 is 19.7 Å². The molecule has 1 unspecified atom stereocenters. The molecule has 0 bridgehead atoms. The molecule has 1 atom stereocenters. The molecule has 140 valence electrons. The van der Waals surface area contributed by atoms with E-state index in [0.29, 0.717) is 34.7 Å². The fraction of sp³-hybridized carbons (Fsp3) is 0.333. The second kappa shape index (κ2) is 8.63. The predicted molar refractivity (Wildman–Crippen MR) is 105 cm³/mol. The molecule has 0 spiro atoms. The lowest BCUT2D eigenvalue weighted by Crippen LogP contribution is -2.08. The van der Waals surface area contributed by atoms with E-state index in [1.54, 1.807) is 38.5 Å². The summed E-state index contributed by atoms with van der Waals surface area (Å²) in [6.45, 7) is 6.27. The number of aromatic hydroxyl groups is 1. The van der Waals surface area contributed by atoms with Gasteiger partial charge in [-0.25, -0.2) is 0 Å². The molecule has 0 saturated heterocycles. The molecule has 0 radical (unpaired) electrons. The number of ether oxygens (including phenoxy) is 2. The van der Waals surface area contributed by atoms with Crippen LogP contribution in [0.25, 0.3) is 5.57 Å². The standard InChI is InChI=1S/C21H27NO4/c1-13(12-23)8-9-17-18(25-3)11-19(26-4)20(21(17)22)14(2)15-6-5-7-16(24)10-15/h5-7,10-11,13,23-24H,2,8-9,12,22H2,1,3-4H3. The van der Waals surface area contributed by atoms with Crippen LogP contribution >= 0.6 is 0 Å². The SMILES string of the molecule is C=C(c1cccc(O)c1)c1c(OC)cc(OC)c(CCC(C)CO)c1N. The van der Waals surface area contributed by atoms with Gasteiger partial charge < -0.3 is 25.4 Å². The Morgan fingerprint density at radius 2 is 1.88 bits per heavy atom. The van der Waals surface area contributed by atoms with Crippen molar-refractivity contribution in [2.75, 3.05) is 26.6 Å². The van der Waals surface area contributed by atoms with Crippen LogP contribution in [0.1, 0.15) is 30.0 Å². The Morgan fingerprint density at radius 1 is 1.19 bits per heavy atom. The van der Waals surface area contributed by atoms with E-state index in [4.69, 9.17) is 15.2 Å². The van der Waals surface area contributed by atoms with Crippen LogP contribution in [0, 0.1) is 5.92 Å². The average molecular weight is 357 g/mol. The molecule has 0 aliphatic rings. The normalized spacial score (nSPS) is 11.8. The van der Waals surface area contributed by atoms with Crippen molar-refractivity contribution in [2.24, 2.45) is 5.92 Å². The van der Waals surface area contributed by atoms with Gasteiger partial charge in [-0.2, -0.15) is 0 Å². The Bertz CT molecular complexity index is 786. The average Bonchev–Trinajstić information content (AvgIpc) is 2.65. The van der Waals surface area contributed by atoms with Crippen LogP contribution in [-0.2, 0) is 6.42 Å². The van der Waals surface area contributed by atoms with Gasteiger partial charge in [-0.15, -0.1) is 0 Å². The van der Waals surface area contributed by atoms with Gasteiger partial charge in [-0.1, -0.05) is 25.6 Å². The van der Waals surface area contributed by atoms with Gasteiger partial charge in [-0.05, 0) is 42.0 Å². The molecule has 0 fully saturated rings. The predicted octanol–water partition coefficient (Wildman–Crippen LogP) is 3.61. The van der Waals surface area contributed by atoms with Gasteiger partial charge >= 0.3 is 0 Å². The molecule has 0 aromatic heterocycles. The van der Waals surface area contributed by atoms with Crippen molar-refractivity contribution in [2.45, 2.75) is 19.8 Å². The molecule has 0 saturated carbocycles. The third-order valence-electron chi connectivity index (χ3n) is 4.54. The number of phenolic OH excluding ortho intramolecular Hbond substituents is 1. The number of nitrogens with two attached hydrogens (primary N) is 1. The van der Waals surface area contributed by atoms with E-state index in [2.05, 4.69) is 6.58 Å². The number of rotatable bonds is 8. The minimum atomic E-state index is 0.126. The zero-order valence-electron chi connectivity index (χ0n) is 15.6. The number of phenols is 1. The van der Waals surface area contributed by atoms with E-state index in [1.165, 1.54) is 0 Å². The minimum Gasteiger partial charge on any atom is -0.508 e. The highest BCUT2D eigenvalue weighted by Gasteiger charge is 2.21. The van der Waals surface area contributed by atoms with Crippen LogP contribution in [0.4, 0.5) is 5.69 Å². The first-order valence-electron chi connectivity index (χ1n) is 8.55. The number of anilines is 1. The molecule has 0 aliphatic heterocycles. The first-order chi connectivity index (χ1) is 12.4. The van der Waals surface area contributed by atoms with Gasteiger partial charge in [0.05, 0.1) is 19.9 Å². The summed E-state index contributed by atoms with van der Waals surface area (Å²) >= 11 is 0. The summed E-state index contributed by atoms with van der Waals surface area (Å²) in [5, 5.41) is 19.1. The van der Waals surface area contributed by atoms with Crippen molar-refractivity contribution in [1.82, 2.24) is 0 Å². The van der Waals surface area contributed by atoms with Crippen LogP contribution in [0.15, 0.2) is 36.9 Å². The maximum absolute atomic E-state index is 9.77. The first kappa shape index (κ1) is 19.7. The molecule has 5 heteroatoms. The lowest BCUT2D eigenvalue weighted by Gasteiger charge is -2.21. The number of methoxy groups -OCH3 is 2. The van der Waals surface area contributed by atoms with Crippen molar-refractivity contribution in [1.29, 1.82) is 0 Å². The van der Waals surface area contributed by atoms with Gasteiger partial charge in [-0.3, -0.25) is 0 Å². The van der Waals surface area contributed by atoms with E-state index in [-0.39, 0.29) is 18.3 Å². The van der Waals surface area contributed by atoms with E-state index in [9.17, 15) is 10.2 Å². The topological polar surface area (TPSA) is 84.9 Å². The largest absolute Gasteiger partial charge is 0.508 e. The Kier molecular flexibility index (Phi) is 6.52. The molecule has 0 aliphatic carbocycles. The molecular weight excluding hydrogens is 330 g/mol. The van der Waals surface area contributed by atoms with E-state index in [0.717, 1.165) is 17.5 Å². The maximum Gasteiger partial charge on any atom is 0.132 e. The molecule has 2 rings (SSSR count).